The Labute approximate surface area is 115 Å². The second-order valence-corrected chi connectivity index (χ2v) is 5.00. The van der Waals surface area contributed by atoms with Crippen molar-refractivity contribution >= 4 is 10.9 Å². The van der Waals surface area contributed by atoms with Crippen molar-refractivity contribution in [2.45, 2.75) is 39.3 Å². The minimum absolute atomic E-state index is 0.148. The van der Waals surface area contributed by atoms with Crippen LogP contribution in [0.1, 0.15) is 27.2 Å². The molecule has 0 aliphatic heterocycles. The zero-order valence-electron chi connectivity index (χ0n) is 11.9. The second-order valence-electron chi connectivity index (χ2n) is 5.00. The number of rotatable bonds is 6. The van der Waals surface area contributed by atoms with Crippen molar-refractivity contribution in [2.75, 3.05) is 6.54 Å². The number of hydrogen-bond donors (Lipinski definition) is 1. The summed E-state index contributed by atoms with van der Waals surface area (Å²) in [6, 6.07) is 10.6. The molecule has 0 spiro atoms. The first kappa shape index (κ1) is 13.8. The van der Waals surface area contributed by atoms with E-state index in [1.165, 1.54) is 0 Å². The Morgan fingerprint density at radius 1 is 1.26 bits per heavy atom. The molecule has 0 amide bonds. The number of ether oxygens (including phenoxy) is 1. The lowest BCUT2D eigenvalue weighted by atomic mass is 10.2. The molecule has 2 aromatic rings. The summed E-state index contributed by atoms with van der Waals surface area (Å²) in [5, 5.41) is 4.59. The average Bonchev–Trinajstić information content (AvgIpc) is 2.44. The fourth-order valence-corrected chi connectivity index (χ4v) is 1.91. The van der Waals surface area contributed by atoms with Gasteiger partial charge in [-0.05, 0) is 38.5 Å². The highest BCUT2D eigenvalue weighted by atomic mass is 16.5. The van der Waals surface area contributed by atoms with Gasteiger partial charge in [0.25, 0.3) is 0 Å². The van der Waals surface area contributed by atoms with Crippen LogP contribution >= 0.6 is 0 Å². The Balaban J connectivity index is 1.96. The van der Waals surface area contributed by atoms with Gasteiger partial charge in [0.15, 0.2) is 0 Å². The summed E-state index contributed by atoms with van der Waals surface area (Å²) in [4.78, 5) is 4.34. The summed E-state index contributed by atoms with van der Waals surface area (Å²) in [5.41, 5.74) is 0.974. The van der Waals surface area contributed by atoms with Crippen LogP contribution in [0.4, 0.5) is 0 Å². The standard InChI is InChI=1S/C16H22N2O/c1-4-12(2)18-11-13(3)19-15-8-7-14-6-5-9-17-16(14)10-15/h5-10,12-13,18H,4,11H2,1-3H3. The maximum Gasteiger partial charge on any atom is 0.121 e. The van der Waals surface area contributed by atoms with Crippen molar-refractivity contribution in [1.82, 2.24) is 10.3 Å². The highest BCUT2D eigenvalue weighted by Crippen LogP contribution is 2.19. The Kier molecular flexibility index (Phi) is 4.74. The van der Waals surface area contributed by atoms with Gasteiger partial charge < -0.3 is 10.1 Å². The molecule has 0 saturated carbocycles. The molecule has 1 aromatic heterocycles. The lowest BCUT2D eigenvalue weighted by Crippen LogP contribution is -2.34. The third-order valence-electron chi connectivity index (χ3n) is 3.28. The van der Waals surface area contributed by atoms with Crippen LogP contribution in [0.2, 0.25) is 0 Å². The van der Waals surface area contributed by atoms with Crippen LogP contribution < -0.4 is 10.1 Å². The van der Waals surface area contributed by atoms with E-state index in [1.807, 2.05) is 24.3 Å². The topological polar surface area (TPSA) is 34.1 Å². The largest absolute Gasteiger partial charge is 0.489 e. The van der Waals surface area contributed by atoms with Crippen LogP contribution in [0, 0.1) is 0 Å². The van der Waals surface area contributed by atoms with Crippen LogP contribution in [-0.2, 0) is 0 Å². The smallest absolute Gasteiger partial charge is 0.121 e. The number of nitrogens with zero attached hydrogens (tertiary/aromatic N) is 1. The highest BCUT2D eigenvalue weighted by molar-refractivity contribution is 5.79. The van der Waals surface area contributed by atoms with E-state index in [0.717, 1.165) is 29.6 Å². The molecule has 0 saturated heterocycles. The van der Waals surface area contributed by atoms with Gasteiger partial charge in [-0.2, -0.15) is 0 Å². The molecule has 2 unspecified atom stereocenters. The molecule has 0 bridgehead atoms. The van der Waals surface area contributed by atoms with Crippen molar-refractivity contribution in [2.24, 2.45) is 0 Å². The van der Waals surface area contributed by atoms with Crippen molar-refractivity contribution in [3.05, 3.63) is 36.5 Å². The van der Waals surface area contributed by atoms with Gasteiger partial charge in [0.05, 0.1) is 5.52 Å². The number of aromatic nitrogens is 1. The van der Waals surface area contributed by atoms with E-state index in [0.29, 0.717) is 6.04 Å². The Morgan fingerprint density at radius 3 is 2.89 bits per heavy atom. The quantitative estimate of drug-likeness (QED) is 0.862. The van der Waals surface area contributed by atoms with E-state index >= 15 is 0 Å². The molecule has 1 heterocycles. The summed E-state index contributed by atoms with van der Waals surface area (Å²) >= 11 is 0. The molecule has 3 heteroatoms. The van der Waals surface area contributed by atoms with Crippen molar-refractivity contribution in [1.29, 1.82) is 0 Å². The average molecular weight is 258 g/mol. The monoisotopic (exact) mass is 258 g/mol. The fourth-order valence-electron chi connectivity index (χ4n) is 1.91. The zero-order chi connectivity index (χ0) is 13.7. The molecule has 2 rings (SSSR count). The van der Waals surface area contributed by atoms with E-state index in [-0.39, 0.29) is 6.10 Å². The number of pyridine rings is 1. The zero-order valence-corrected chi connectivity index (χ0v) is 11.9. The lowest BCUT2D eigenvalue weighted by molar-refractivity contribution is 0.212. The normalized spacial score (nSPS) is 14.3. The predicted molar refractivity (Wildman–Crippen MR) is 79.6 cm³/mol. The van der Waals surface area contributed by atoms with E-state index < -0.39 is 0 Å². The molecule has 0 aliphatic rings. The maximum atomic E-state index is 5.91. The minimum Gasteiger partial charge on any atom is -0.489 e. The summed E-state index contributed by atoms with van der Waals surface area (Å²) < 4.78 is 5.91. The van der Waals surface area contributed by atoms with Crippen LogP contribution in [0.5, 0.6) is 5.75 Å². The summed E-state index contributed by atoms with van der Waals surface area (Å²) in [6.45, 7) is 7.30. The molecule has 0 radical (unpaired) electrons. The molecule has 2 atom stereocenters. The van der Waals surface area contributed by atoms with Crippen LogP contribution in [0.15, 0.2) is 36.5 Å². The van der Waals surface area contributed by atoms with Gasteiger partial charge in [0.1, 0.15) is 11.9 Å². The minimum atomic E-state index is 0.148. The fraction of sp³-hybridized carbons (Fsp3) is 0.438. The van der Waals surface area contributed by atoms with Crippen LogP contribution in [0.25, 0.3) is 10.9 Å². The highest BCUT2D eigenvalue weighted by Gasteiger charge is 2.06. The van der Waals surface area contributed by atoms with E-state index in [2.05, 4.69) is 37.1 Å². The molecular formula is C16H22N2O. The van der Waals surface area contributed by atoms with Crippen LogP contribution in [-0.4, -0.2) is 23.7 Å². The van der Waals surface area contributed by atoms with Crippen molar-refractivity contribution in [3.8, 4) is 5.75 Å². The van der Waals surface area contributed by atoms with Crippen molar-refractivity contribution in [3.63, 3.8) is 0 Å². The van der Waals surface area contributed by atoms with Gasteiger partial charge in [-0.25, -0.2) is 0 Å². The molecule has 0 aliphatic carbocycles. The Bertz CT molecular complexity index is 527. The molecule has 3 nitrogen and oxygen atoms in total. The van der Waals surface area contributed by atoms with Gasteiger partial charge in [0, 0.05) is 30.2 Å². The molecule has 1 N–H and O–H groups in total. The van der Waals surface area contributed by atoms with Gasteiger partial charge in [-0.15, -0.1) is 0 Å². The number of nitrogens with one attached hydrogen (secondary N) is 1. The van der Waals surface area contributed by atoms with E-state index in [9.17, 15) is 0 Å². The molecule has 0 fully saturated rings. The second kappa shape index (κ2) is 6.53. The van der Waals surface area contributed by atoms with Gasteiger partial charge in [0.2, 0.25) is 0 Å². The molecule has 1 aromatic carbocycles. The summed E-state index contributed by atoms with van der Waals surface area (Å²) in [5.74, 6) is 0.879. The molecule has 102 valence electrons. The van der Waals surface area contributed by atoms with Gasteiger partial charge >= 0.3 is 0 Å². The SMILES string of the molecule is CCC(C)NCC(C)Oc1ccc2cccnc2c1. The third-order valence-corrected chi connectivity index (χ3v) is 3.28. The summed E-state index contributed by atoms with van der Waals surface area (Å²) in [7, 11) is 0. The van der Waals surface area contributed by atoms with Gasteiger partial charge in [-0.3, -0.25) is 4.98 Å². The van der Waals surface area contributed by atoms with E-state index in [1.54, 1.807) is 6.20 Å². The lowest BCUT2D eigenvalue weighted by Gasteiger charge is -2.18. The van der Waals surface area contributed by atoms with Crippen molar-refractivity contribution < 1.29 is 4.74 Å². The number of hydrogen-bond acceptors (Lipinski definition) is 3. The third kappa shape index (κ3) is 3.93. The Hall–Kier alpha value is -1.61. The first-order valence-corrected chi connectivity index (χ1v) is 6.94. The van der Waals surface area contributed by atoms with E-state index in [4.69, 9.17) is 4.74 Å². The summed E-state index contributed by atoms with van der Waals surface area (Å²) in [6.07, 6.45) is 3.09. The van der Waals surface area contributed by atoms with Gasteiger partial charge in [-0.1, -0.05) is 13.0 Å². The molecule has 19 heavy (non-hydrogen) atoms. The number of fused-ring (bicyclic) bond motifs is 1. The first-order valence-electron chi connectivity index (χ1n) is 6.94. The Morgan fingerprint density at radius 2 is 2.11 bits per heavy atom. The predicted octanol–water partition coefficient (Wildman–Crippen LogP) is 3.39. The maximum absolute atomic E-state index is 5.91. The molecular weight excluding hydrogens is 236 g/mol. The number of benzene rings is 1. The van der Waals surface area contributed by atoms with Crippen LogP contribution in [0.3, 0.4) is 0 Å². The first-order chi connectivity index (χ1) is 9.19.